The Morgan fingerprint density at radius 3 is 2.32 bits per heavy atom. The summed E-state index contributed by atoms with van der Waals surface area (Å²) in [5, 5.41) is 0. The van der Waals surface area contributed by atoms with Crippen molar-refractivity contribution in [2.75, 3.05) is 39.8 Å². The summed E-state index contributed by atoms with van der Waals surface area (Å²) in [7, 11) is 2.07. The molecule has 0 radical (unpaired) electrons. The van der Waals surface area contributed by atoms with Crippen LogP contribution in [0.25, 0.3) is 0 Å². The molecule has 31 heavy (non-hydrogen) atoms. The van der Waals surface area contributed by atoms with Crippen LogP contribution in [0.15, 0.2) is 48.5 Å². The predicted octanol–water partition coefficient (Wildman–Crippen LogP) is 3.33. The van der Waals surface area contributed by atoms with Gasteiger partial charge in [-0.05, 0) is 37.6 Å². The van der Waals surface area contributed by atoms with Gasteiger partial charge in [-0.25, -0.2) is 8.78 Å². The second-order valence-corrected chi connectivity index (χ2v) is 8.41. The molecule has 2 amide bonds. The molecule has 2 aliphatic heterocycles. The number of piperazine rings is 1. The first-order valence-electron chi connectivity index (χ1n) is 10.7. The van der Waals surface area contributed by atoms with Crippen LogP contribution in [-0.2, 0) is 4.79 Å². The van der Waals surface area contributed by atoms with Crippen LogP contribution in [0.1, 0.15) is 34.8 Å². The molecule has 0 aliphatic carbocycles. The highest BCUT2D eigenvalue weighted by atomic mass is 19.1. The summed E-state index contributed by atoms with van der Waals surface area (Å²) in [5.74, 6) is -2.05. The van der Waals surface area contributed by atoms with Crippen molar-refractivity contribution in [2.45, 2.75) is 18.9 Å². The minimum atomic E-state index is -0.855. The maximum Gasteiger partial charge on any atom is 0.256 e. The Morgan fingerprint density at radius 2 is 1.65 bits per heavy atom. The van der Waals surface area contributed by atoms with Gasteiger partial charge in [0.15, 0.2) is 0 Å². The van der Waals surface area contributed by atoms with E-state index in [9.17, 15) is 18.4 Å². The Labute approximate surface area is 181 Å². The first kappa shape index (κ1) is 21.4. The highest BCUT2D eigenvalue weighted by molar-refractivity contribution is 5.94. The van der Waals surface area contributed by atoms with Crippen LogP contribution in [-0.4, -0.2) is 66.3 Å². The molecule has 2 aromatic carbocycles. The van der Waals surface area contributed by atoms with Gasteiger partial charge < -0.3 is 14.7 Å². The van der Waals surface area contributed by atoms with Crippen molar-refractivity contribution in [3.05, 3.63) is 71.3 Å². The van der Waals surface area contributed by atoms with E-state index in [0.717, 1.165) is 30.8 Å². The maximum absolute atomic E-state index is 14.0. The largest absolute Gasteiger partial charge is 0.339 e. The van der Waals surface area contributed by atoms with Crippen molar-refractivity contribution < 1.29 is 18.4 Å². The molecule has 2 fully saturated rings. The fourth-order valence-electron chi connectivity index (χ4n) is 4.54. The molecule has 0 bridgehead atoms. The highest BCUT2D eigenvalue weighted by Gasteiger charge is 2.36. The quantitative estimate of drug-likeness (QED) is 0.755. The van der Waals surface area contributed by atoms with Crippen molar-refractivity contribution in [2.24, 2.45) is 5.92 Å². The molecule has 2 saturated heterocycles. The molecule has 7 heteroatoms. The van der Waals surface area contributed by atoms with Crippen molar-refractivity contribution in [1.29, 1.82) is 0 Å². The number of benzene rings is 2. The van der Waals surface area contributed by atoms with Crippen LogP contribution >= 0.6 is 0 Å². The lowest BCUT2D eigenvalue weighted by Crippen LogP contribution is -2.52. The second kappa shape index (κ2) is 9.14. The van der Waals surface area contributed by atoms with Gasteiger partial charge in [-0.15, -0.1) is 0 Å². The molecule has 2 aromatic rings. The number of rotatable bonds is 3. The lowest BCUT2D eigenvalue weighted by Gasteiger charge is -2.43. The van der Waals surface area contributed by atoms with Gasteiger partial charge in [0.05, 0.1) is 11.6 Å². The molecule has 0 N–H and O–H groups in total. The average Bonchev–Trinajstić information content (AvgIpc) is 2.79. The fraction of sp³-hybridized carbons (Fsp3) is 0.417. The third-order valence-corrected chi connectivity index (χ3v) is 6.34. The van der Waals surface area contributed by atoms with Gasteiger partial charge in [0, 0.05) is 44.7 Å². The lowest BCUT2D eigenvalue weighted by molar-refractivity contribution is -0.142. The Kier molecular flexibility index (Phi) is 6.32. The third-order valence-electron chi connectivity index (χ3n) is 6.34. The van der Waals surface area contributed by atoms with E-state index >= 15 is 0 Å². The van der Waals surface area contributed by atoms with Crippen LogP contribution in [0.3, 0.4) is 0 Å². The van der Waals surface area contributed by atoms with Crippen LogP contribution in [0.5, 0.6) is 0 Å². The van der Waals surface area contributed by atoms with Crippen molar-refractivity contribution >= 4 is 11.8 Å². The summed E-state index contributed by atoms with van der Waals surface area (Å²) >= 11 is 0. The molecule has 4 rings (SSSR count). The highest BCUT2D eigenvalue weighted by Crippen LogP contribution is 2.29. The van der Waals surface area contributed by atoms with E-state index in [-0.39, 0.29) is 23.4 Å². The minimum absolute atomic E-state index is 0.0143. The normalized spacial score (nSPS) is 20.7. The maximum atomic E-state index is 14.0. The SMILES string of the molecule is CN1CCN(C(=O)C2CCN(C(=O)c3ccc(F)cc3F)CC2)[C@H](c2ccccc2)C1. The lowest BCUT2D eigenvalue weighted by atomic mass is 9.92. The van der Waals surface area contributed by atoms with Gasteiger partial charge in [0.25, 0.3) is 5.91 Å². The summed E-state index contributed by atoms with van der Waals surface area (Å²) < 4.78 is 27.1. The number of hydrogen-bond acceptors (Lipinski definition) is 3. The van der Waals surface area contributed by atoms with Crippen LogP contribution in [0.4, 0.5) is 8.78 Å². The molecule has 1 atom stereocenters. The van der Waals surface area contributed by atoms with Crippen molar-refractivity contribution in [3.8, 4) is 0 Å². The predicted molar refractivity (Wildman–Crippen MR) is 113 cm³/mol. The summed E-state index contributed by atoms with van der Waals surface area (Å²) in [6.45, 7) is 3.06. The summed E-state index contributed by atoms with van der Waals surface area (Å²) in [5.41, 5.74) is 0.996. The topological polar surface area (TPSA) is 43.9 Å². The number of amides is 2. The first-order chi connectivity index (χ1) is 14.9. The first-order valence-corrected chi connectivity index (χ1v) is 10.7. The van der Waals surface area contributed by atoms with E-state index in [1.807, 2.05) is 23.1 Å². The summed E-state index contributed by atoms with van der Waals surface area (Å²) in [6, 6.07) is 13.1. The molecule has 2 heterocycles. The summed E-state index contributed by atoms with van der Waals surface area (Å²) in [4.78, 5) is 31.8. The van der Waals surface area contributed by atoms with E-state index < -0.39 is 17.5 Å². The van der Waals surface area contributed by atoms with Gasteiger partial charge in [-0.1, -0.05) is 30.3 Å². The Hall–Kier alpha value is -2.80. The summed E-state index contributed by atoms with van der Waals surface area (Å²) in [6.07, 6.45) is 1.09. The smallest absolute Gasteiger partial charge is 0.256 e. The van der Waals surface area contributed by atoms with Gasteiger partial charge in [-0.3, -0.25) is 9.59 Å². The molecular weight excluding hydrogens is 400 g/mol. The third kappa shape index (κ3) is 4.61. The molecule has 0 unspecified atom stereocenters. The van der Waals surface area contributed by atoms with Crippen LogP contribution in [0, 0.1) is 17.6 Å². The minimum Gasteiger partial charge on any atom is -0.339 e. The monoisotopic (exact) mass is 427 g/mol. The number of halogens is 2. The molecule has 164 valence electrons. The Morgan fingerprint density at radius 1 is 0.935 bits per heavy atom. The van der Waals surface area contributed by atoms with E-state index in [1.54, 1.807) is 4.90 Å². The van der Waals surface area contributed by atoms with Gasteiger partial charge in [0.1, 0.15) is 11.6 Å². The molecule has 5 nitrogen and oxygen atoms in total. The standard InChI is InChI=1S/C24H27F2N3O2/c1-27-13-14-29(22(16-27)17-5-3-2-4-6-17)23(30)18-9-11-28(12-10-18)24(31)20-8-7-19(25)15-21(20)26/h2-8,15,18,22H,9-14,16H2,1H3/t22-/m0/s1. The van der Waals surface area contributed by atoms with Crippen LogP contribution in [0.2, 0.25) is 0 Å². The Balaban J connectivity index is 1.42. The molecule has 2 aliphatic rings. The van der Waals surface area contributed by atoms with Crippen molar-refractivity contribution in [3.63, 3.8) is 0 Å². The number of carbonyl (C=O) groups excluding carboxylic acids is 2. The van der Waals surface area contributed by atoms with E-state index in [4.69, 9.17) is 0 Å². The number of likely N-dealkylation sites (N-methyl/N-ethyl adjacent to an activating group) is 1. The van der Waals surface area contributed by atoms with Crippen LogP contribution < -0.4 is 0 Å². The molecular formula is C24H27F2N3O2. The molecule has 0 saturated carbocycles. The van der Waals surface area contributed by atoms with Gasteiger partial charge >= 0.3 is 0 Å². The molecule has 0 aromatic heterocycles. The number of piperidine rings is 1. The zero-order chi connectivity index (χ0) is 22.0. The van der Waals surface area contributed by atoms with E-state index in [1.165, 1.54) is 6.07 Å². The zero-order valence-electron chi connectivity index (χ0n) is 17.6. The average molecular weight is 427 g/mol. The van der Waals surface area contributed by atoms with E-state index in [2.05, 4.69) is 24.1 Å². The Bertz CT molecular complexity index is 945. The second-order valence-electron chi connectivity index (χ2n) is 8.41. The number of nitrogens with zero attached hydrogens (tertiary/aromatic N) is 3. The number of likely N-dealkylation sites (tertiary alicyclic amines) is 1. The number of hydrogen-bond donors (Lipinski definition) is 0. The van der Waals surface area contributed by atoms with Crippen molar-refractivity contribution in [1.82, 2.24) is 14.7 Å². The van der Waals surface area contributed by atoms with Gasteiger partial charge in [0.2, 0.25) is 5.91 Å². The fourth-order valence-corrected chi connectivity index (χ4v) is 4.54. The number of carbonyl (C=O) groups is 2. The van der Waals surface area contributed by atoms with E-state index in [0.29, 0.717) is 32.5 Å². The molecule has 0 spiro atoms. The van der Waals surface area contributed by atoms with Gasteiger partial charge in [-0.2, -0.15) is 0 Å². The zero-order valence-corrected chi connectivity index (χ0v) is 17.6.